The summed E-state index contributed by atoms with van der Waals surface area (Å²) >= 11 is 0. The lowest BCUT2D eigenvalue weighted by Crippen LogP contribution is -2.16. The third-order valence-corrected chi connectivity index (χ3v) is 1.40. The lowest BCUT2D eigenvalue weighted by Gasteiger charge is -1.97. The molecule has 6 nitrogen and oxygen atoms in total. The second-order valence-electron chi connectivity index (χ2n) is 2.29. The SMILES string of the molecule is CCOC(=O)C1=N[C@@H]([N+](=O)[O-])C=C1. The minimum Gasteiger partial charge on any atom is -0.461 e. The smallest absolute Gasteiger partial charge is 0.356 e. The molecule has 1 heterocycles. The molecule has 0 aromatic carbocycles. The first-order valence-electron chi connectivity index (χ1n) is 3.71. The number of nitro groups is 1. The third-order valence-electron chi connectivity index (χ3n) is 1.40. The molecule has 0 fully saturated rings. The Hall–Kier alpha value is -1.72. The van der Waals surface area contributed by atoms with Gasteiger partial charge in [-0.25, -0.2) is 9.79 Å². The second-order valence-corrected chi connectivity index (χ2v) is 2.29. The van der Waals surface area contributed by atoms with E-state index in [0.717, 1.165) is 0 Å². The minimum atomic E-state index is -1.14. The van der Waals surface area contributed by atoms with Crippen molar-refractivity contribution in [2.24, 2.45) is 4.99 Å². The molecule has 6 heteroatoms. The van der Waals surface area contributed by atoms with Gasteiger partial charge in [0.1, 0.15) is 0 Å². The zero-order chi connectivity index (χ0) is 9.84. The number of ether oxygens (including phenoxy) is 1. The van der Waals surface area contributed by atoms with E-state index in [4.69, 9.17) is 0 Å². The Morgan fingerprint density at radius 2 is 2.54 bits per heavy atom. The van der Waals surface area contributed by atoms with E-state index in [0.29, 0.717) is 0 Å². The molecular formula is C7H8N2O4. The summed E-state index contributed by atoms with van der Waals surface area (Å²) in [5, 5.41) is 10.2. The van der Waals surface area contributed by atoms with Gasteiger partial charge in [0.2, 0.25) is 0 Å². The van der Waals surface area contributed by atoms with Gasteiger partial charge in [0, 0.05) is 6.08 Å². The van der Waals surface area contributed by atoms with Crippen molar-refractivity contribution in [1.82, 2.24) is 0 Å². The predicted molar refractivity (Wildman–Crippen MR) is 44.0 cm³/mol. The molecule has 0 aromatic rings. The van der Waals surface area contributed by atoms with Gasteiger partial charge in [0.25, 0.3) is 0 Å². The highest BCUT2D eigenvalue weighted by molar-refractivity contribution is 6.41. The zero-order valence-corrected chi connectivity index (χ0v) is 6.97. The quantitative estimate of drug-likeness (QED) is 0.355. The number of esters is 1. The molecular weight excluding hydrogens is 176 g/mol. The molecule has 0 saturated heterocycles. The van der Waals surface area contributed by atoms with Crippen LogP contribution < -0.4 is 0 Å². The Bertz CT molecular complexity index is 295. The lowest BCUT2D eigenvalue weighted by molar-refractivity contribution is -0.506. The van der Waals surface area contributed by atoms with Crippen LogP contribution in [0.15, 0.2) is 17.1 Å². The largest absolute Gasteiger partial charge is 0.461 e. The summed E-state index contributed by atoms with van der Waals surface area (Å²) in [6, 6.07) is 0. The summed E-state index contributed by atoms with van der Waals surface area (Å²) in [6.45, 7) is 1.89. The van der Waals surface area contributed by atoms with Crippen molar-refractivity contribution in [1.29, 1.82) is 0 Å². The number of aliphatic imine (C=N–C) groups is 1. The molecule has 1 rings (SSSR count). The molecule has 0 aliphatic carbocycles. The van der Waals surface area contributed by atoms with Gasteiger partial charge in [0.15, 0.2) is 5.71 Å². The fourth-order valence-corrected chi connectivity index (χ4v) is 0.849. The molecule has 0 aromatic heterocycles. The number of nitrogens with zero attached hydrogens (tertiary/aromatic N) is 2. The van der Waals surface area contributed by atoms with Crippen LogP contribution in [0.4, 0.5) is 0 Å². The minimum absolute atomic E-state index is 0.00329. The summed E-state index contributed by atoms with van der Waals surface area (Å²) in [6.07, 6.45) is 1.40. The molecule has 0 saturated carbocycles. The van der Waals surface area contributed by atoms with E-state index in [1.807, 2.05) is 0 Å². The van der Waals surface area contributed by atoms with E-state index >= 15 is 0 Å². The summed E-state index contributed by atoms with van der Waals surface area (Å²) in [7, 11) is 0. The average molecular weight is 184 g/mol. The third kappa shape index (κ3) is 2.11. The molecule has 1 aliphatic heterocycles. The lowest BCUT2D eigenvalue weighted by atomic mass is 10.4. The maximum absolute atomic E-state index is 11.0. The molecule has 0 unspecified atom stereocenters. The molecule has 0 N–H and O–H groups in total. The van der Waals surface area contributed by atoms with Crippen molar-refractivity contribution in [3.05, 3.63) is 22.3 Å². The van der Waals surface area contributed by atoms with Gasteiger partial charge < -0.3 is 4.74 Å². The van der Waals surface area contributed by atoms with Gasteiger partial charge in [-0.1, -0.05) is 0 Å². The van der Waals surface area contributed by atoms with Crippen LogP contribution in [0.25, 0.3) is 0 Å². The monoisotopic (exact) mass is 184 g/mol. The van der Waals surface area contributed by atoms with Gasteiger partial charge >= 0.3 is 12.1 Å². The van der Waals surface area contributed by atoms with Crippen LogP contribution in [-0.2, 0) is 9.53 Å². The average Bonchev–Trinajstić information content (AvgIpc) is 2.52. The Labute approximate surface area is 74.1 Å². The molecule has 0 amide bonds. The van der Waals surface area contributed by atoms with E-state index in [9.17, 15) is 14.9 Å². The topological polar surface area (TPSA) is 81.8 Å². The molecule has 0 bridgehead atoms. The fourth-order valence-electron chi connectivity index (χ4n) is 0.849. The van der Waals surface area contributed by atoms with Crippen LogP contribution in [0.5, 0.6) is 0 Å². The number of carbonyl (C=O) groups is 1. The van der Waals surface area contributed by atoms with E-state index in [1.165, 1.54) is 12.2 Å². The fraction of sp³-hybridized carbons (Fsp3) is 0.429. The van der Waals surface area contributed by atoms with Crippen LogP contribution >= 0.6 is 0 Å². The first kappa shape index (κ1) is 9.37. The first-order valence-corrected chi connectivity index (χ1v) is 3.71. The Morgan fingerprint density at radius 1 is 1.85 bits per heavy atom. The normalized spacial score (nSPS) is 19.8. The van der Waals surface area contributed by atoms with Crippen LogP contribution in [0.2, 0.25) is 0 Å². The predicted octanol–water partition coefficient (Wildman–Crippen LogP) is 0.163. The van der Waals surface area contributed by atoms with E-state index < -0.39 is 17.1 Å². The van der Waals surface area contributed by atoms with Crippen molar-refractivity contribution in [2.45, 2.75) is 13.1 Å². The Morgan fingerprint density at radius 3 is 3.00 bits per heavy atom. The Balaban J connectivity index is 2.65. The molecule has 13 heavy (non-hydrogen) atoms. The maximum atomic E-state index is 11.0. The molecule has 0 radical (unpaired) electrons. The number of carbonyl (C=O) groups excluding carboxylic acids is 1. The van der Waals surface area contributed by atoms with Crippen LogP contribution in [0, 0.1) is 10.1 Å². The molecule has 0 spiro atoms. The molecule has 1 atom stereocenters. The van der Waals surface area contributed by atoms with Crippen LogP contribution in [0.1, 0.15) is 6.92 Å². The van der Waals surface area contributed by atoms with Gasteiger partial charge in [0.05, 0.1) is 11.5 Å². The van der Waals surface area contributed by atoms with E-state index in [-0.39, 0.29) is 12.3 Å². The Kier molecular flexibility index (Phi) is 2.73. The summed E-state index contributed by atoms with van der Waals surface area (Å²) in [4.78, 5) is 24.2. The number of hydrogen-bond donors (Lipinski definition) is 0. The van der Waals surface area contributed by atoms with Gasteiger partial charge in [-0.2, -0.15) is 0 Å². The van der Waals surface area contributed by atoms with E-state index in [2.05, 4.69) is 9.73 Å². The zero-order valence-electron chi connectivity index (χ0n) is 6.97. The second kappa shape index (κ2) is 3.79. The number of hydrogen-bond acceptors (Lipinski definition) is 5. The van der Waals surface area contributed by atoms with Crippen LogP contribution in [0.3, 0.4) is 0 Å². The van der Waals surface area contributed by atoms with Crippen molar-refractivity contribution in [3.63, 3.8) is 0 Å². The van der Waals surface area contributed by atoms with E-state index in [1.54, 1.807) is 6.92 Å². The van der Waals surface area contributed by atoms with Crippen LogP contribution in [-0.4, -0.2) is 29.4 Å². The summed E-state index contributed by atoms with van der Waals surface area (Å²) in [5.74, 6) is -0.622. The summed E-state index contributed by atoms with van der Waals surface area (Å²) < 4.78 is 4.61. The maximum Gasteiger partial charge on any atom is 0.356 e. The molecule has 70 valence electrons. The number of rotatable bonds is 3. The highest BCUT2D eigenvalue weighted by Gasteiger charge is 2.24. The molecule has 1 aliphatic rings. The highest BCUT2D eigenvalue weighted by Crippen LogP contribution is 2.05. The van der Waals surface area contributed by atoms with Gasteiger partial charge in [-0.05, 0) is 13.0 Å². The van der Waals surface area contributed by atoms with Crippen molar-refractivity contribution >= 4 is 11.7 Å². The van der Waals surface area contributed by atoms with Gasteiger partial charge in [-0.15, -0.1) is 0 Å². The van der Waals surface area contributed by atoms with Crippen molar-refractivity contribution in [2.75, 3.05) is 6.61 Å². The van der Waals surface area contributed by atoms with Gasteiger partial charge in [-0.3, -0.25) is 10.1 Å². The van der Waals surface area contributed by atoms with Crippen molar-refractivity contribution < 1.29 is 14.5 Å². The van der Waals surface area contributed by atoms with Crippen molar-refractivity contribution in [3.8, 4) is 0 Å². The highest BCUT2D eigenvalue weighted by atomic mass is 16.6. The summed E-state index contributed by atoms with van der Waals surface area (Å²) in [5.41, 5.74) is 0.00329. The first-order chi connectivity index (χ1) is 6.15. The standard InChI is InChI=1S/C7H8N2O4/c1-2-13-7(10)5-3-4-6(8-5)9(11)12/h3-4,6H,2H2,1H3/t6-/m0/s1.